The summed E-state index contributed by atoms with van der Waals surface area (Å²) in [6, 6.07) is 24.2. The second-order valence-electron chi connectivity index (χ2n) is 11.6. The van der Waals surface area contributed by atoms with Crippen LogP contribution in [0.2, 0.25) is 0 Å². The molecule has 4 aromatic carbocycles. The molecule has 2 atom stereocenters. The van der Waals surface area contributed by atoms with Gasteiger partial charge in [-0.3, -0.25) is 13.9 Å². The Labute approximate surface area is 293 Å². The highest BCUT2D eigenvalue weighted by molar-refractivity contribution is 7.92. The number of halogens is 1. The maximum absolute atomic E-state index is 15.2. The van der Waals surface area contributed by atoms with Crippen LogP contribution in [-0.4, -0.2) is 64.6 Å². The largest absolute Gasteiger partial charge is 0.494 e. The molecule has 0 aromatic heterocycles. The van der Waals surface area contributed by atoms with Gasteiger partial charge in [0.1, 0.15) is 24.2 Å². The summed E-state index contributed by atoms with van der Waals surface area (Å²) < 4.78 is 61.3. The number of hydrogen-bond donors (Lipinski definition) is 1. The second-order valence-corrected chi connectivity index (χ2v) is 13.5. The molecule has 10 nitrogen and oxygen atoms in total. The van der Waals surface area contributed by atoms with Crippen LogP contribution in [-0.2, 0) is 32.6 Å². The minimum atomic E-state index is -4.44. The molecule has 2 amide bonds. The molecule has 50 heavy (non-hydrogen) atoms. The van der Waals surface area contributed by atoms with Gasteiger partial charge in [0, 0.05) is 30.6 Å². The lowest BCUT2D eigenvalue weighted by Crippen LogP contribution is -2.54. The van der Waals surface area contributed by atoms with E-state index in [2.05, 4.69) is 5.32 Å². The highest BCUT2D eigenvalue weighted by atomic mass is 32.2. The average molecular weight is 706 g/mol. The van der Waals surface area contributed by atoms with Crippen molar-refractivity contribution in [2.45, 2.75) is 57.1 Å². The van der Waals surface area contributed by atoms with E-state index in [9.17, 15) is 18.0 Å². The molecule has 12 heteroatoms. The lowest BCUT2D eigenvalue weighted by atomic mass is 10.0. The summed E-state index contributed by atoms with van der Waals surface area (Å²) in [7, 11) is -1.62. The SMILES string of the molecule is CCOc1ccc(N(CC(=O)N(Cc2ccccc2F)[C@@H](Cc2ccccc2)C(=O)N[C@H](C)CC)S(=O)(=O)c2ccc(OC)c(OC)c2)cc1. The molecule has 0 aliphatic heterocycles. The fourth-order valence-corrected chi connectivity index (χ4v) is 6.74. The Morgan fingerprint density at radius 1 is 0.860 bits per heavy atom. The van der Waals surface area contributed by atoms with Crippen LogP contribution in [0.25, 0.3) is 0 Å². The predicted molar refractivity (Wildman–Crippen MR) is 190 cm³/mol. The molecule has 4 aromatic rings. The highest BCUT2D eigenvalue weighted by Crippen LogP contribution is 2.33. The lowest BCUT2D eigenvalue weighted by molar-refractivity contribution is -0.140. The number of hydrogen-bond acceptors (Lipinski definition) is 7. The molecule has 0 unspecified atom stereocenters. The number of nitrogens with one attached hydrogen (secondary N) is 1. The third-order valence-corrected chi connectivity index (χ3v) is 10.00. The van der Waals surface area contributed by atoms with Crippen LogP contribution in [0.15, 0.2) is 102 Å². The van der Waals surface area contributed by atoms with Crippen LogP contribution in [0.1, 0.15) is 38.3 Å². The zero-order valence-corrected chi connectivity index (χ0v) is 29.8. The van der Waals surface area contributed by atoms with E-state index in [0.717, 1.165) is 9.87 Å². The van der Waals surface area contributed by atoms with Gasteiger partial charge in [-0.15, -0.1) is 0 Å². The molecule has 0 fully saturated rings. The summed E-state index contributed by atoms with van der Waals surface area (Å²) in [5, 5.41) is 2.97. The summed E-state index contributed by atoms with van der Waals surface area (Å²) in [5.41, 5.74) is 1.11. The number of amides is 2. The van der Waals surface area contributed by atoms with E-state index >= 15 is 4.39 Å². The maximum Gasteiger partial charge on any atom is 0.264 e. The molecule has 0 saturated carbocycles. The van der Waals surface area contributed by atoms with Gasteiger partial charge in [0.05, 0.1) is 31.4 Å². The van der Waals surface area contributed by atoms with E-state index in [-0.39, 0.29) is 40.9 Å². The Balaban J connectivity index is 1.85. The summed E-state index contributed by atoms with van der Waals surface area (Å²) in [5.74, 6) is -0.710. The number of sulfonamides is 1. The number of nitrogens with zero attached hydrogens (tertiary/aromatic N) is 2. The standard InChI is InChI=1S/C38H44FN3O7S/c1-6-27(3)40-38(44)34(23-28-13-9-8-10-14-28)41(25-29-15-11-12-16-33(29)39)37(43)26-42(30-17-19-31(20-18-30)49-7-2)50(45,46)32-21-22-35(47-4)36(24-32)48-5/h8-22,24,27,34H,6-7,23,25-26H2,1-5H3,(H,40,44)/t27-,34+/m1/s1. The van der Waals surface area contributed by atoms with Crippen LogP contribution in [0, 0.1) is 5.82 Å². The highest BCUT2D eigenvalue weighted by Gasteiger charge is 2.35. The summed E-state index contributed by atoms with van der Waals surface area (Å²) in [6.45, 7) is 5.01. The molecule has 0 aliphatic carbocycles. The van der Waals surface area contributed by atoms with Crippen LogP contribution < -0.4 is 23.8 Å². The number of methoxy groups -OCH3 is 2. The van der Waals surface area contributed by atoms with Crippen molar-refractivity contribution in [3.63, 3.8) is 0 Å². The third-order valence-electron chi connectivity index (χ3n) is 8.23. The van der Waals surface area contributed by atoms with E-state index < -0.39 is 40.2 Å². The molecule has 4 rings (SSSR count). The van der Waals surface area contributed by atoms with Gasteiger partial charge in [0.25, 0.3) is 10.0 Å². The van der Waals surface area contributed by atoms with E-state index in [0.29, 0.717) is 24.5 Å². The number of carbonyl (C=O) groups excluding carboxylic acids is 2. The molecular weight excluding hydrogens is 661 g/mol. The van der Waals surface area contributed by atoms with Gasteiger partial charge in [0.2, 0.25) is 11.8 Å². The normalized spacial score (nSPS) is 12.4. The van der Waals surface area contributed by atoms with Gasteiger partial charge in [0.15, 0.2) is 11.5 Å². The minimum Gasteiger partial charge on any atom is -0.494 e. The van der Waals surface area contributed by atoms with E-state index in [1.165, 1.54) is 67.7 Å². The number of benzene rings is 4. The van der Waals surface area contributed by atoms with Crippen LogP contribution >= 0.6 is 0 Å². The van der Waals surface area contributed by atoms with Crippen molar-refractivity contribution in [1.82, 2.24) is 10.2 Å². The first kappa shape index (κ1) is 37.7. The molecule has 0 heterocycles. The van der Waals surface area contributed by atoms with Crippen LogP contribution in [0.3, 0.4) is 0 Å². The van der Waals surface area contributed by atoms with Crippen molar-refractivity contribution in [2.75, 3.05) is 31.7 Å². The maximum atomic E-state index is 15.2. The Morgan fingerprint density at radius 2 is 1.52 bits per heavy atom. The van der Waals surface area contributed by atoms with Gasteiger partial charge >= 0.3 is 0 Å². The average Bonchev–Trinajstić information content (AvgIpc) is 3.13. The minimum absolute atomic E-state index is 0.106. The molecule has 1 N–H and O–H groups in total. The topological polar surface area (TPSA) is 114 Å². The van der Waals surface area contributed by atoms with E-state index in [1.54, 1.807) is 18.2 Å². The molecule has 0 spiro atoms. The Kier molecular flexibility index (Phi) is 13.2. The number of carbonyl (C=O) groups is 2. The van der Waals surface area contributed by atoms with Crippen molar-refractivity contribution in [3.8, 4) is 17.2 Å². The predicted octanol–water partition coefficient (Wildman–Crippen LogP) is 5.99. The fraction of sp³-hybridized carbons (Fsp3) is 0.316. The van der Waals surface area contributed by atoms with E-state index in [1.807, 2.05) is 51.1 Å². The number of rotatable bonds is 17. The zero-order chi connectivity index (χ0) is 36.3. The van der Waals surface area contributed by atoms with Crippen molar-refractivity contribution < 1.29 is 36.6 Å². The van der Waals surface area contributed by atoms with Crippen molar-refractivity contribution >= 4 is 27.5 Å². The number of anilines is 1. The molecule has 0 aliphatic rings. The Bertz CT molecular complexity index is 1840. The number of ether oxygens (including phenoxy) is 3. The van der Waals surface area contributed by atoms with Crippen molar-refractivity contribution in [2.24, 2.45) is 0 Å². The van der Waals surface area contributed by atoms with Crippen LogP contribution in [0.4, 0.5) is 10.1 Å². The second kappa shape index (κ2) is 17.5. The van der Waals surface area contributed by atoms with Crippen molar-refractivity contribution in [3.05, 3.63) is 114 Å². The summed E-state index contributed by atoms with van der Waals surface area (Å²) in [4.78, 5) is 29.7. The van der Waals surface area contributed by atoms with Gasteiger partial charge in [-0.25, -0.2) is 12.8 Å². The summed E-state index contributed by atoms with van der Waals surface area (Å²) >= 11 is 0. The van der Waals surface area contributed by atoms with Crippen LogP contribution in [0.5, 0.6) is 17.2 Å². The summed E-state index contributed by atoms with van der Waals surface area (Å²) in [6.07, 6.45) is 0.745. The van der Waals surface area contributed by atoms with Gasteiger partial charge in [-0.05, 0) is 68.3 Å². The first-order chi connectivity index (χ1) is 24.0. The van der Waals surface area contributed by atoms with Gasteiger partial charge < -0.3 is 24.4 Å². The molecular formula is C38H44FN3O7S. The van der Waals surface area contributed by atoms with Gasteiger partial charge in [-0.1, -0.05) is 55.5 Å². The fourth-order valence-electron chi connectivity index (χ4n) is 5.31. The molecule has 0 radical (unpaired) electrons. The Morgan fingerprint density at radius 3 is 2.14 bits per heavy atom. The molecule has 0 bridgehead atoms. The molecule has 0 saturated heterocycles. The van der Waals surface area contributed by atoms with Gasteiger partial charge in [-0.2, -0.15) is 0 Å². The molecule has 266 valence electrons. The first-order valence-corrected chi connectivity index (χ1v) is 17.8. The third kappa shape index (κ3) is 9.32. The lowest BCUT2D eigenvalue weighted by Gasteiger charge is -2.34. The quantitative estimate of drug-likeness (QED) is 0.144. The first-order valence-electron chi connectivity index (χ1n) is 16.4. The Hall–Kier alpha value is -5.10. The smallest absolute Gasteiger partial charge is 0.264 e. The monoisotopic (exact) mass is 705 g/mol. The van der Waals surface area contributed by atoms with Crippen molar-refractivity contribution in [1.29, 1.82) is 0 Å². The van der Waals surface area contributed by atoms with E-state index in [4.69, 9.17) is 14.2 Å². The zero-order valence-electron chi connectivity index (χ0n) is 29.0.